The fourth-order valence-corrected chi connectivity index (χ4v) is 3.87. The smallest absolute Gasteiger partial charge is 0.348 e. The molecular formula is C21H17N3O4S. The van der Waals surface area contributed by atoms with Crippen LogP contribution in [0.15, 0.2) is 63.1 Å². The largest absolute Gasteiger partial charge is 0.407 e. The van der Waals surface area contributed by atoms with Gasteiger partial charge in [0.1, 0.15) is 4.83 Å². The molecule has 4 rings (SSSR count). The molecule has 7 nitrogen and oxygen atoms in total. The summed E-state index contributed by atoms with van der Waals surface area (Å²) < 4.78 is 5.35. The SMILES string of the molecule is Cc1csc2nc(Cc3ccc(NC(=O)c4cccc(NO)c4)cc3)oc(=O)c12. The van der Waals surface area contributed by atoms with Crippen molar-refractivity contribution < 1.29 is 14.4 Å². The molecule has 0 fully saturated rings. The molecule has 0 saturated heterocycles. The number of benzene rings is 2. The molecule has 146 valence electrons. The van der Waals surface area contributed by atoms with Crippen LogP contribution >= 0.6 is 11.3 Å². The quantitative estimate of drug-likeness (QED) is 0.428. The highest BCUT2D eigenvalue weighted by Crippen LogP contribution is 2.21. The number of aryl methyl sites for hydroxylation is 1. The van der Waals surface area contributed by atoms with E-state index < -0.39 is 0 Å². The number of nitrogens with one attached hydrogen (secondary N) is 2. The summed E-state index contributed by atoms with van der Waals surface area (Å²) in [4.78, 5) is 29.6. The minimum atomic E-state index is -0.368. The highest BCUT2D eigenvalue weighted by atomic mass is 32.1. The van der Waals surface area contributed by atoms with Crippen molar-refractivity contribution in [3.8, 4) is 0 Å². The zero-order valence-corrected chi connectivity index (χ0v) is 16.2. The maximum absolute atomic E-state index is 12.3. The molecule has 0 aliphatic heterocycles. The number of amides is 1. The number of hydrogen-bond donors (Lipinski definition) is 3. The zero-order valence-electron chi connectivity index (χ0n) is 15.4. The summed E-state index contributed by atoms with van der Waals surface area (Å²) in [7, 11) is 0. The van der Waals surface area contributed by atoms with E-state index in [0.29, 0.717) is 39.5 Å². The summed E-state index contributed by atoms with van der Waals surface area (Å²) in [6, 6.07) is 13.7. The zero-order chi connectivity index (χ0) is 20.4. The van der Waals surface area contributed by atoms with Gasteiger partial charge >= 0.3 is 5.63 Å². The van der Waals surface area contributed by atoms with Gasteiger partial charge < -0.3 is 9.73 Å². The van der Waals surface area contributed by atoms with E-state index in [1.165, 1.54) is 11.3 Å². The first-order valence-electron chi connectivity index (χ1n) is 8.82. The molecule has 2 aromatic heterocycles. The van der Waals surface area contributed by atoms with E-state index in [-0.39, 0.29) is 11.5 Å². The van der Waals surface area contributed by atoms with E-state index in [2.05, 4.69) is 10.3 Å². The van der Waals surface area contributed by atoms with Crippen LogP contribution in [0.3, 0.4) is 0 Å². The Morgan fingerprint density at radius 1 is 1.17 bits per heavy atom. The molecule has 0 aliphatic carbocycles. The average Bonchev–Trinajstić information content (AvgIpc) is 3.10. The standard InChI is InChI=1S/C21H17N3O4S/c1-12-11-29-20-18(12)21(26)28-17(23-20)9-13-5-7-15(8-6-13)22-19(25)14-3-2-4-16(10-14)24-27/h2-8,10-11,24,27H,9H2,1H3,(H,22,25). The number of hydrogen-bond acceptors (Lipinski definition) is 7. The molecule has 0 saturated carbocycles. The van der Waals surface area contributed by atoms with Gasteiger partial charge in [-0.3, -0.25) is 15.5 Å². The van der Waals surface area contributed by atoms with Gasteiger partial charge in [-0.25, -0.2) is 9.78 Å². The number of rotatable bonds is 5. The van der Waals surface area contributed by atoms with Crippen molar-refractivity contribution >= 4 is 38.8 Å². The summed E-state index contributed by atoms with van der Waals surface area (Å²) in [6.45, 7) is 1.86. The van der Waals surface area contributed by atoms with Crippen LogP contribution < -0.4 is 16.4 Å². The number of carbonyl (C=O) groups is 1. The summed E-state index contributed by atoms with van der Waals surface area (Å²) in [6.07, 6.45) is 0.376. The third-order valence-corrected chi connectivity index (χ3v) is 5.41. The Hall–Kier alpha value is -3.49. The second-order valence-corrected chi connectivity index (χ2v) is 7.37. The Bertz CT molecular complexity index is 1250. The van der Waals surface area contributed by atoms with E-state index >= 15 is 0 Å². The molecule has 0 unspecified atom stereocenters. The van der Waals surface area contributed by atoms with Gasteiger partial charge in [0.15, 0.2) is 0 Å². The monoisotopic (exact) mass is 407 g/mol. The van der Waals surface area contributed by atoms with Crippen LogP contribution in [0.5, 0.6) is 0 Å². The molecule has 0 spiro atoms. The molecule has 0 bridgehead atoms. The minimum Gasteiger partial charge on any atom is -0.407 e. The van der Waals surface area contributed by atoms with Crippen molar-refractivity contribution in [3.63, 3.8) is 0 Å². The van der Waals surface area contributed by atoms with Crippen molar-refractivity contribution in [2.75, 3.05) is 10.8 Å². The fourth-order valence-electron chi connectivity index (χ4n) is 2.94. The minimum absolute atomic E-state index is 0.291. The highest BCUT2D eigenvalue weighted by molar-refractivity contribution is 7.16. The second kappa shape index (κ2) is 7.86. The van der Waals surface area contributed by atoms with E-state index in [4.69, 9.17) is 9.62 Å². The third-order valence-electron chi connectivity index (χ3n) is 4.42. The Labute approximate surface area is 169 Å². The molecule has 0 atom stereocenters. The fraction of sp³-hybridized carbons (Fsp3) is 0.0952. The number of nitrogens with zero attached hydrogens (tertiary/aromatic N) is 1. The van der Waals surface area contributed by atoms with Gasteiger partial charge in [-0.2, -0.15) is 0 Å². The average molecular weight is 407 g/mol. The maximum atomic E-state index is 12.3. The highest BCUT2D eigenvalue weighted by Gasteiger charge is 2.12. The first-order valence-corrected chi connectivity index (χ1v) is 9.70. The molecule has 2 heterocycles. The third kappa shape index (κ3) is 4.03. The van der Waals surface area contributed by atoms with Gasteiger partial charge in [-0.15, -0.1) is 11.3 Å². The number of aromatic nitrogens is 1. The topological polar surface area (TPSA) is 104 Å². The number of carbonyl (C=O) groups excluding carboxylic acids is 1. The second-order valence-electron chi connectivity index (χ2n) is 6.51. The molecule has 1 amide bonds. The van der Waals surface area contributed by atoms with Crippen LogP contribution in [-0.2, 0) is 6.42 Å². The molecule has 2 aromatic carbocycles. The van der Waals surface area contributed by atoms with Crippen molar-refractivity contribution in [1.82, 2.24) is 4.98 Å². The Kier molecular flexibility index (Phi) is 5.11. The summed E-state index contributed by atoms with van der Waals surface area (Å²) in [5.74, 6) is 0.0653. The van der Waals surface area contributed by atoms with Crippen LogP contribution in [0.2, 0.25) is 0 Å². The van der Waals surface area contributed by atoms with Gasteiger partial charge in [0.25, 0.3) is 5.91 Å². The van der Waals surface area contributed by atoms with Gasteiger partial charge in [0.2, 0.25) is 5.89 Å². The first-order chi connectivity index (χ1) is 14.0. The van der Waals surface area contributed by atoms with Crippen LogP contribution in [-0.4, -0.2) is 16.1 Å². The molecule has 4 aromatic rings. The Balaban J connectivity index is 1.48. The summed E-state index contributed by atoms with van der Waals surface area (Å²) in [5.41, 5.74) is 4.89. The van der Waals surface area contributed by atoms with E-state index in [1.54, 1.807) is 36.4 Å². The van der Waals surface area contributed by atoms with Gasteiger partial charge in [-0.05, 0) is 53.8 Å². The molecular weight excluding hydrogens is 390 g/mol. The Morgan fingerprint density at radius 3 is 2.72 bits per heavy atom. The van der Waals surface area contributed by atoms with Crippen molar-refractivity contribution in [2.45, 2.75) is 13.3 Å². The summed E-state index contributed by atoms with van der Waals surface area (Å²) >= 11 is 1.42. The van der Waals surface area contributed by atoms with E-state index in [1.807, 2.05) is 29.9 Å². The van der Waals surface area contributed by atoms with Crippen molar-refractivity contribution in [3.05, 3.63) is 86.9 Å². The predicted molar refractivity (Wildman–Crippen MR) is 112 cm³/mol. The van der Waals surface area contributed by atoms with Crippen molar-refractivity contribution in [2.24, 2.45) is 0 Å². The lowest BCUT2D eigenvalue weighted by Gasteiger charge is -2.07. The maximum Gasteiger partial charge on any atom is 0.348 e. The normalized spacial score (nSPS) is 10.8. The van der Waals surface area contributed by atoms with Crippen LogP contribution in [0, 0.1) is 6.92 Å². The summed E-state index contributed by atoms with van der Waals surface area (Å²) in [5, 5.41) is 14.2. The number of thiophene rings is 1. The lowest BCUT2D eigenvalue weighted by atomic mass is 10.1. The molecule has 29 heavy (non-hydrogen) atoms. The lowest BCUT2D eigenvalue weighted by molar-refractivity contribution is 0.102. The van der Waals surface area contributed by atoms with Crippen LogP contribution in [0.4, 0.5) is 11.4 Å². The molecule has 8 heteroatoms. The number of fused-ring (bicyclic) bond motifs is 1. The van der Waals surface area contributed by atoms with Crippen molar-refractivity contribution in [1.29, 1.82) is 0 Å². The first kappa shape index (κ1) is 18.9. The molecule has 0 aliphatic rings. The van der Waals surface area contributed by atoms with E-state index in [0.717, 1.165) is 11.1 Å². The molecule has 0 radical (unpaired) electrons. The van der Waals surface area contributed by atoms with Gasteiger partial charge in [0, 0.05) is 17.7 Å². The number of anilines is 2. The Morgan fingerprint density at radius 2 is 1.97 bits per heavy atom. The molecule has 3 N–H and O–H groups in total. The van der Waals surface area contributed by atoms with Crippen LogP contribution in [0.25, 0.3) is 10.2 Å². The van der Waals surface area contributed by atoms with Crippen LogP contribution in [0.1, 0.15) is 27.4 Å². The van der Waals surface area contributed by atoms with Gasteiger partial charge in [0.05, 0.1) is 11.1 Å². The van der Waals surface area contributed by atoms with Gasteiger partial charge in [-0.1, -0.05) is 18.2 Å². The van der Waals surface area contributed by atoms with E-state index in [9.17, 15) is 9.59 Å². The lowest BCUT2D eigenvalue weighted by Crippen LogP contribution is -2.12. The predicted octanol–water partition coefficient (Wildman–Crippen LogP) is 4.20.